The van der Waals surface area contributed by atoms with Crippen LogP contribution in [0, 0.1) is 0 Å². The van der Waals surface area contributed by atoms with Crippen LogP contribution in [0.1, 0.15) is 80.3 Å². The highest BCUT2D eigenvalue weighted by atomic mass is 32.2. The second-order valence-electron chi connectivity index (χ2n) is 7.20. The number of carbonyl (C=O) groups excluding carboxylic acids is 1. The summed E-state index contributed by atoms with van der Waals surface area (Å²) in [5, 5.41) is 4.81. The number of rotatable bonds is 4. The minimum absolute atomic E-state index is 0.0167. The molecule has 2 aromatic heterocycles. The lowest BCUT2D eigenvalue weighted by Crippen LogP contribution is -2.18. The van der Waals surface area contributed by atoms with E-state index in [1.54, 1.807) is 12.4 Å². The van der Waals surface area contributed by atoms with Crippen molar-refractivity contribution in [1.29, 1.82) is 0 Å². The molecule has 2 aromatic rings. The Balaban J connectivity index is 1.64. The van der Waals surface area contributed by atoms with Gasteiger partial charge in [-0.25, -0.2) is 14.8 Å². The van der Waals surface area contributed by atoms with Gasteiger partial charge in [-0.3, -0.25) is 0 Å². The van der Waals surface area contributed by atoms with Crippen molar-refractivity contribution >= 4 is 29.3 Å². The highest BCUT2D eigenvalue weighted by Gasteiger charge is 2.23. The summed E-state index contributed by atoms with van der Waals surface area (Å²) in [6, 6.07) is 0. The van der Waals surface area contributed by atoms with E-state index in [2.05, 4.69) is 19.6 Å². The first-order chi connectivity index (χ1) is 13.8. The second-order valence-corrected chi connectivity index (χ2v) is 8.72. The smallest absolute Gasteiger partial charge is 0.352 e. The van der Waals surface area contributed by atoms with Crippen LogP contribution in [0.15, 0.2) is 17.6 Å². The van der Waals surface area contributed by atoms with Gasteiger partial charge in [0.1, 0.15) is 11.8 Å². The molecule has 0 atom stereocenters. The van der Waals surface area contributed by atoms with Crippen LogP contribution in [-0.4, -0.2) is 37.9 Å². The van der Waals surface area contributed by atoms with Crippen molar-refractivity contribution in [3.8, 4) is 11.3 Å². The molecule has 0 radical (unpaired) electrons. The van der Waals surface area contributed by atoms with Crippen LogP contribution in [-0.2, 0) is 4.74 Å². The van der Waals surface area contributed by atoms with Crippen molar-refractivity contribution in [2.75, 3.05) is 6.26 Å². The summed E-state index contributed by atoms with van der Waals surface area (Å²) < 4.78 is 9.86. The van der Waals surface area contributed by atoms with Gasteiger partial charge in [0.05, 0.1) is 0 Å². The standard InChI is InChI=1S/C20H28N4O2S2/c1-27-20-21-13-15(14-22-20)17-18(28-24-23-17)19(25)26-16-11-9-7-5-3-2-4-6-8-10-12-16/h13-14,16H,2-12H2,1H3. The van der Waals surface area contributed by atoms with Crippen LogP contribution in [0.3, 0.4) is 0 Å². The van der Waals surface area contributed by atoms with Gasteiger partial charge in [0.25, 0.3) is 0 Å². The molecule has 2 heterocycles. The van der Waals surface area contributed by atoms with Crippen LogP contribution < -0.4 is 0 Å². The van der Waals surface area contributed by atoms with Crippen LogP contribution in [0.5, 0.6) is 0 Å². The fourth-order valence-electron chi connectivity index (χ4n) is 3.51. The molecule has 0 aliphatic heterocycles. The summed E-state index contributed by atoms with van der Waals surface area (Å²) in [5.74, 6) is -0.323. The summed E-state index contributed by atoms with van der Waals surface area (Å²) >= 11 is 2.55. The van der Waals surface area contributed by atoms with Gasteiger partial charge in [0.15, 0.2) is 10.0 Å². The maximum absolute atomic E-state index is 12.8. The van der Waals surface area contributed by atoms with E-state index in [1.807, 2.05) is 6.26 Å². The monoisotopic (exact) mass is 420 g/mol. The molecule has 1 aliphatic carbocycles. The Bertz CT molecular complexity index is 724. The summed E-state index contributed by atoms with van der Waals surface area (Å²) in [4.78, 5) is 21.8. The largest absolute Gasteiger partial charge is 0.458 e. The first-order valence-corrected chi connectivity index (χ1v) is 12.2. The highest BCUT2D eigenvalue weighted by Crippen LogP contribution is 2.26. The quantitative estimate of drug-likeness (QED) is 0.365. The Morgan fingerprint density at radius 3 is 2.14 bits per heavy atom. The molecule has 3 rings (SSSR count). The number of aromatic nitrogens is 4. The molecule has 152 valence electrons. The predicted octanol–water partition coefficient (Wildman–Crippen LogP) is 5.55. The van der Waals surface area contributed by atoms with Crippen LogP contribution in [0.2, 0.25) is 0 Å². The summed E-state index contributed by atoms with van der Waals surface area (Å²) in [5.41, 5.74) is 1.20. The number of hydrogen-bond acceptors (Lipinski definition) is 8. The zero-order valence-electron chi connectivity index (χ0n) is 16.4. The minimum Gasteiger partial charge on any atom is -0.458 e. The average molecular weight is 421 g/mol. The summed E-state index contributed by atoms with van der Waals surface area (Å²) in [7, 11) is 0. The Morgan fingerprint density at radius 2 is 1.57 bits per heavy atom. The van der Waals surface area contributed by atoms with E-state index in [-0.39, 0.29) is 12.1 Å². The molecule has 1 saturated carbocycles. The Hall–Kier alpha value is -1.54. The third kappa shape index (κ3) is 6.24. The second kappa shape index (κ2) is 11.5. The van der Waals surface area contributed by atoms with E-state index in [1.165, 1.54) is 56.7 Å². The number of thioether (sulfide) groups is 1. The summed E-state index contributed by atoms with van der Waals surface area (Å²) in [6.45, 7) is 0. The third-order valence-corrected chi connectivity index (χ3v) is 6.37. The molecule has 0 saturated heterocycles. The number of hydrogen-bond donors (Lipinski definition) is 0. The lowest BCUT2D eigenvalue weighted by Gasteiger charge is -2.18. The fourth-order valence-corrected chi connectivity index (χ4v) is 4.39. The number of ether oxygens (including phenoxy) is 1. The van der Waals surface area contributed by atoms with Crippen LogP contribution in [0.4, 0.5) is 0 Å². The van der Waals surface area contributed by atoms with Crippen LogP contribution >= 0.6 is 23.3 Å². The van der Waals surface area contributed by atoms with Crippen molar-refractivity contribution in [3.63, 3.8) is 0 Å². The fraction of sp³-hybridized carbons (Fsp3) is 0.650. The van der Waals surface area contributed by atoms with E-state index < -0.39 is 0 Å². The lowest BCUT2D eigenvalue weighted by atomic mass is 9.99. The number of carbonyl (C=O) groups is 1. The van der Waals surface area contributed by atoms with Crippen molar-refractivity contribution in [3.05, 3.63) is 17.3 Å². The molecule has 6 nitrogen and oxygen atoms in total. The SMILES string of the molecule is CSc1ncc(-c2nnsc2C(=O)OC2CCCCCCCCCCC2)cn1. The van der Waals surface area contributed by atoms with Crippen molar-refractivity contribution < 1.29 is 9.53 Å². The highest BCUT2D eigenvalue weighted by molar-refractivity contribution is 7.98. The Labute approximate surface area is 175 Å². The van der Waals surface area contributed by atoms with Gasteiger partial charge in [-0.15, -0.1) is 5.10 Å². The van der Waals surface area contributed by atoms with Gasteiger partial charge in [-0.1, -0.05) is 61.2 Å². The predicted molar refractivity (Wildman–Crippen MR) is 113 cm³/mol. The van der Waals surface area contributed by atoms with Gasteiger partial charge >= 0.3 is 5.97 Å². The maximum atomic E-state index is 12.8. The molecule has 0 spiro atoms. The van der Waals surface area contributed by atoms with E-state index in [0.29, 0.717) is 21.3 Å². The lowest BCUT2D eigenvalue weighted by molar-refractivity contribution is 0.0254. The van der Waals surface area contributed by atoms with E-state index in [9.17, 15) is 4.79 Å². The molecule has 8 heteroatoms. The zero-order chi connectivity index (χ0) is 19.6. The maximum Gasteiger partial charge on any atom is 0.352 e. The number of esters is 1. The molecule has 1 aliphatic rings. The number of nitrogens with zero attached hydrogens (tertiary/aromatic N) is 4. The van der Waals surface area contributed by atoms with E-state index in [0.717, 1.165) is 37.2 Å². The average Bonchev–Trinajstić information content (AvgIpc) is 3.20. The Morgan fingerprint density at radius 1 is 1.00 bits per heavy atom. The van der Waals surface area contributed by atoms with Gasteiger partial charge in [-0.2, -0.15) is 0 Å². The Kier molecular flexibility index (Phi) is 8.67. The molecule has 0 bridgehead atoms. The van der Waals surface area contributed by atoms with E-state index >= 15 is 0 Å². The van der Waals surface area contributed by atoms with Crippen molar-refractivity contribution in [2.24, 2.45) is 0 Å². The van der Waals surface area contributed by atoms with Crippen LogP contribution in [0.25, 0.3) is 11.3 Å². The first-order valence-electron chi connectivity index (χ1n) is 10.2. The zero-order valence-corrected chi connectivity index (χ0v) is 18.1. The normalized spacial score (nSPS) is 17.5. The van der Waals surface area contributed by atoms with E-state index in [4.69, 9.17) is 4.74 Å². The van der Waals surface area contributed by atoms with Gasteiger partial charge < -0.3 is 4.74 Å². The van der Waals surface area contributed by atoms with Crippen molar-refractivity contribution in [1.82, 2.24) is 19.6 Å². The van der Waals surface area contributed by atoms with Gasteiger partial charge in [0.2, 0.25) is 0 Å². The van der Waals surface area contributed by atoms with Gasteiger partial charge in [0, 0.05) is 18.0 Å². The third-order valence-electron chi connectivity index (χ3n) is 5.08. The first kappa shape index (κ1) is 21.2. The molecule has 0 aromatic carbocycles. The molecule has 0 N–H and O–H groups in total. The molecule has 0 amide bonds. The molecule has 1 fully saturated rings. The molecule has 28 heavy (non-hydrogen) atoms. The topological polar surface area (TPSA) is 77.9 Å². The molecule has 0 unspecified atom stereocenters. The van der Waals surface area contributed by atoms with Gasteiger partial charge in [-0.05, 0) is 43.5 Å². The van der Waals surface area contributed by atoms with Crippen molar-refractivity contribution in [2.45, 2.75) is 81.9 Å². The minimum atomic E-state index is -0.323. The molecular formula is C20H28N4O2S2. The summed E-state index contributed by atoms with van der Waals surface area (Å²) in [6.07, 6.45) is 18.4. The molecular weight excluding hydrogens is 392 g/mol.